The molecule has 0 amide bonds. The van der Waals surface area contributed by atoms with Gasteiger partial charge in [0, 0.05) is 0 Å². The van der Waals surface area contributed by atoms with Gasteiger partial charge < -0.3 is 10.4 Å². The molecule has 0 aliphatic carbocycles. The molecule has 1 aliphatic heterocycles. The fraction of sp³-hybridized carbons (Fsp3) is 0.875. The van der Waals surface area contributed by atoms with Crippen molar-refractivity contribution in [1.82, 2.24) is 5.32 Å². The number of hydrogen-bond donors (Lipinski definition) is 2. The second-order valence-electron chi connectivity index (χ2n) is 3.46. The van der Waals surface area contributed by atoms with Crippen LogP contribution in [0.2, 0.25) is 0 Å². The van der Waals surface area contributed by atoms with E-state index in [4.69, 9.17) is 5.11 Å². The smallest absolute Gasteiger partial charge is 0.324 e. The Labute approximate surface area is 78.9 Å². The lowest BCUT2D eigenvalue weighted by atomic mass is 9.85. The molecular formula is C8H16ClNO2. The Hall–Kier alpha value is -0.280. The molecule has 1 saturated heterocycles. The Morgan fingerprint density at radius 3 is 2.33 bits per heavy atom. The van der Waals surface area contributed by atoms with Gasteiger partial charge in [0.1, 0.15) is 5.54 Å². The predicted octanol–water partition coefficient (Wildman–Crippen LogP) is 1.27. The number of aliphatic carboxylic acids is 1. The molecule has 1 atom stereocenters. The zero-order valence-corrected chi connectivity index (χ0v) is 8.28. The Balaban J connectivity index is 0.00000121. The van der Waals surface area contributed by atoms with E-state index < -0.39 is 11.5 Å². The Morgan fingerprint density at radius 1 is 1.58 bits per heavy atom. The van der Waals surface area contributed by atoms with E-state index in [2.05, 4.69) is 5.32 Å². The third kappa shape index (κ3) is 1.72. The molecule has 0 saturated carbocycles. The molecule has 0 aromatic heterocycles. The molecule has 0 bridgehead atoms. The van der Waals surface area contributed by atoms with Crippen molar-refractivity contribution >= 4 is 18.4 Å². The van der Waals surface area contributed by atoms with E-state index in [0.717, 1.165) is 19.4 Å². The number of carboxylic acids is 1. The van der Waals surface area contributed by atoms with Gasteiger partial charge in [-0.15, -0.1) is 12.4 Å². The van der Waals surface area contributed by atoms with Gasteiger partial charge in [0.2, 0.25) is 0 Å². The number of rotatable bonds is 2. The van der Waals surface area contributed by atoms with Crippen LogP contribution >= 0.6 is 12.4 Å². The maximum absolute atomic E-state index is 10.9. The van der Waals surface area contributed by atoms with Crippen LogP contribution in [-0.4, -0.2) is 23.2 Å². The zero-order chi connectivity index (χ0) is 8.48. The van der Waals surface area contributed by atoms with Crippen molar-refractivity contribution in [1.29, 1.82) is 0 Å². The zero-order valence-electron chi connectivity index (χ0n) is 7.46. The van der Waals surface area contributed by atoms with E-state index in [9.17, 15) is 4.79 Å². The highest BCUT2D eigenvalue weighted by Crippen LogP contribution is 2.27. The van der Waals surface area contributed by atoms with Crippen molar-refractivity contribution in [3.8, 4) is 0 Å². The summed E-state index contributed by atoms with van der Waals surface area (Å²) in [6.45, 7) is 4.74. The summed E-state index contributed by atoms with van der Waals surface area (Å²) in [5.74, 6) is -0.535. The normalized spacial score (nSPS) is 28.6. The minimum atomic E-state index is -0.704. The fourth-order valence-electron chi connectivity index (χ4n) is 1.69. The lowest BCUT2D eigenvalue weighted by Crippen LogP contribution is -2.51. The first-order valence-electron chi connectivity index (χ1n) is 4.08. The first kappa shape index (κ1) is 11.7. The summed E-state index contributed by atoms with van der Waals surface area (Å²) in [7, 11) is 0. The lowest BCUT2D eigenvalue weighted by molar-refractivity contribution is -0.146. The van der Waals surface area contributed by atoms with Crippen molar-refractivity contribution in [3.05, 3.63) is 0 Å². The van der Waals surface area contributed by atoms with E-state index in [1.807, 2.05) is 13.8 Å². The topological polar surface area (TPSA) is 49.3 Å². The largest absolute Gasteiger partial charge is 0.480 e. The molecule has 0 spiro atoms. The summed E-state index contributed by atoms with van der Waals surface area (Å²) in [4.78, 5) is 10.9. The standard InChI is InChI=1S/C8H15NO2.ClH/c1-6(2)8(7(10)11)4-3-5-9-8;/h6,9H,3-5H2,1-2H3,(H,10,11);1H/t8-;/m1./s1. The van der Waals surface area contributed by atoms with Gasteiger partial charge in [-0.3, -0.25) is 4.79 Å². The van der Waals surface area contributed by atoms with Crippen LogP contribution in [0.3, 0.4) is 0 Å². The second kappa shape index (κ2) is 4.10. The summed E-state index contributed by atoms with van der Waals surface area (Å²) in [5.41, 5.74) is -0.639. The maximum atomic E-state index is 10.9. The van der Waals surface area contributed by atoms with E-state index >= 15 is 0 Å². The highest BCUT2D eigenvalue weighted by atomic mass is 35.5. The van der Waals surface area contributed by atoms with E-state index in [0.29, 0.717) is 0 Å². The van der Waals surface area contributed by atoms with Crippen LogP contribution < -0.4 is 5.32 Å². The molecule has 1 fully saturated rings. The third-order valence-corrected chi connectivity index (χ3v) is 2.56. The van der Waals surface area contributed by atoms with Gasteiger partial charge in [0.25, 0.3) is 0 Å². The highest BCUT2D eigenvalue weighted by molar-refractivity contribution is 5.85. The molecule has 3 nitrogen and oxygen atoms in total. The number of carboxylic acid groups (broad SMARTS) is 1. The van der Waals surface area contributed by atoms with Crippen LogP contribution in [0.5, 0.6) is 0 Å². The monoisotopic (exact) mass is 193 g/mol. The summed E-state index contributed by atoms with van der Waals surface area (Å²) in [6.07, 6.45) is 1.74. The van der Waals surface area contributed by atoms with Gasteiger partial charge in [-0.2, -0.15) is 0 Å². The molecule has 1 rings (SSSR count). The molecule has 0 radical (unpaired) electrons. The summed E-state index contributed by atoms with van der Waals surface area (Å²) in [6, 6.07) is 0. The summed E-state index contributed by atoms with van der Waals surface area (Å²) in [5, 5.41) is 12.0. The van der Waals surface area contributed by atoms with Crippen LogP contribution in [-0.2, 0) is 4.79 Å². The number of hydrogen-bond acceptors (Lipinski definition) is 2. The van der Waals surface area contributed by atoms with Crippen molar-refractivity contribution in [3.63, 3.8) is 0 Å². The summed E-state index contributed by atoms with van der Waals surface area (Å²) < 4.78 is 0. The van der Waals surface area contributed by atoms with Gasteiger partial charge in [-0.1, -0.05) is 13.8 Å². The van der Waals surface area contributed by atoms with E-state index in [1.54, 1.807) is 0 Å². The first-order valence-corrected chi connectivity index (χ1v) is 4.08. The molecule has 0 aromatic carbocycles. The fourth-order valence-corrected chi connectivity index (χ4v) is 1.69. The molecule has 72 valence electrons. The second-order valence-corrected chi connectivity index (χ2v) is 3.46. The van der Waals surface area contributed by atoms with Crippen LogP contribution in [0.15, 0.2) is 0 Å². The Morgan fingerprint density at radius 2 is 2.17 bits per heavy atom. The predicted molar refractivity (Wildman–Crippen MR) is 49.7 cm³/mol. The number of carbonyl (C=O) groups is 1. The van der Waals surface area contributed by atoms with Gasteiger partial charge in [0.05, 0.1) is 0 Å². The number of nitrogens with one attached hydrogen (secondary N) is 1. The van der Waals surface area contributed by atoms with E-state index in [-0.39, 0.29) is 18.3 Å². The molecule has 0 aromatic rings. The summed E-state index contributed by atoms with van der Waals surface area (Å²) >= 11 is 0. The first-order chi connectivity index (χ1) is 5.09. The molecule has 4 heteroatoms. The number of halogens is 1. The van der Waals surface area contributed by atoms with Gasteiger partial charge in [-0.25, -0.2) is 0 Å². The quantitative estimate of drug-likeness (QED) is 0.695. The molecule has 1 heterocycles. The average Bonchev–Trinajstić information content (AvgIpc) is 2.34. The van der Waals surface area contributed by atoms with Gasteiger partial charge in [-0.05, 0) is 25.3 Å². The molecular weight excluding hydrogens is 178 g/mol. The minimum absolute atomic E-state index is 0. The van der Waals surface area contributed by atoms with Gasteiger partial charge >= 0.3 is 5.97 Å². The maximum Gasteiger partial charge on any atom is 0.324 e. The molecule has 12 heavy (non-hydrogen) atoms. The lowest BCUT2D eigenvalue weighted by Gasteiger charge is -2.28. The minimum Gasteiger partial charge on any atom is -0.480 e. The van der Waals surface area contributed by atoms with Crippen LogP contribution in [0.25, 0.3) is 0 Å². The highest BCUT2D eigenvalue weighted by Gasteiger charge is 2.43. The molecule has 1 aliphatic rings. The Kier molecular flexibility index (Phi) is 4.00. The van der Waals surface area contributed by atoms with Crippen LogP contribution in [0.1, 0.15) is 26.7 Å². The van der Waals surface area contributed by atoms with Crippen molar-refractivity contribution in [2.45, 2.75) is 32.2 Å². The molecule has 0 unspecified atom stereocenters. The van der Waals surface area contributed by atoms with Crippen molar-refractivity contribution in [2.75, 3.05) is 6.54 Å². The van der Waals surface area contributed by atoms with Gasteiger partial charge in [0.15, 0.2) is 0 Å². The SMILES string of the molecule is CC(C)[C@@]1(C(=O)O)CCCN1.Cl. The van der Waals surface area contributed by atoms with Crippen molar-refractivity contribution < 1.29 is 9.90 Å². The Bertz CT molecular complexity index is 164. The van der Waals surface area contributed by atoms with Crippen LogP contribution in [0.4, 0.5) is 0 Å². The van der Waals surface area contributed by atoms with Crippen LogP contribution in [0, 0.1) is 5.92 Å². The third-order valence-electron chi connectivity index (χ3n) is 2.56. The van der Waals surface area contributed by atoms with Crippen molar-refractivity contribution in [2.24, 2.45) is 5.92 Å². The van der Waals surface area contributed by atoms with E-state index in [1.165, 1.54) is 0 Å². The molecule has 2 N–H and O–H groups in total. The average molecular weight is 194 g/mol.